The Balaban J connectivity index is 1.86. The van der Waals surface area contributed by atoms with Gasteiger partial charge in [-0.05, 0) is 73.0 Å². The highest BCUT2D eigenvalue weighted by molar-refractivity contribution is 6.62. The number of ether oxygens (including phenoxy) is 2. The Bertz CT molecular complexity index is 1150. The fraction of sp³-hybridized carbons (Fsp3) is 0.269. The molecular weight excluding hydrogens is 495 g/mol. The minimum atomic E-state index is -0.583. The summed E-state index contributed by atoms with van der Waals surface area (Å²) in [5.41, 5.74) is 2.64. The van der Waals surface area contributed by atoms with Gasteiger partial charge in [-0.15, -0.1) is 0 Å². The van der Waals surface area contributed by atoms with Crippen molar-refractivity contribution in [2.75, 3.05) is 7.11 Å². The highest BCUT2D eigenvalue weighted by Crippen LogP contribution is 2.48. The number of hydrogen-bond acceptors (Lipinski definition) is 4. The van der Waals surface area contributed by atoms with Crippen molar-refractivity contribution in [3.8, 4) is 11.5 Å². The third kappa shape index (κ3) is 5.13. The molecule has 1 aliphatic heterocycles. The lowest BCUT2D eigenvalue weighted by atomic mass is 9.94. The fourth-order valence-electron chi connectivity index (χ4n) is 4.30. The van der Waals surface area contributed by atoms with E-state index in [2.05, 4.69) is 5.32 Å². The predicted octanol–water partition coefficient (Wildman–Crippen LogP) is 7.53. The van der Waals surface area contributed by atoms with Crippen LogP contribution < -0.4 is 14.8 Å². The second-order valence-corrected chi connectivity index (χ2v) is 9.52. The number of carbonyl (C=O) groups excluding carboxylic acids is 1. The maximum Gasteiger partial charge on any atom is 0.318 e. The Morgan fingerprint density at radius 3 is 2.06 bits per heavy atom. The lowest BCUT2D eigenvalue weighted by molar-refractivity contribution is 0.188. The first-order valence-electron chi connectivity index (χ1n) is 10.9. The van der Waals surface area contributed by atoms with E-state index < -0.39 is 17.6 Å². The summed E-state index contributed by atoms with van der Waals surface area (Å²) in [6.07, 6.45) is -0.627. The SMILES string of the molecule is COc1ccc(C2NC(c3ccc(Cl)cc3)C(c3ccc(Cl)cc3)N2C(=O)Cl)c(OC(C)C)c1. The molecule has 3 atom stereocenters. The predicted molar refractivity (Wildman–Crippen MR) is 136 cm³/mol. The molecule has 178 valence electrons. The monoisotopic (exact) mass is 518 g/mol. The first kappa shape index (κ1) is 24.7. The Morgan fingerprint density at radius 1 is 0.941 bits per heavy atom. The quantitative estimate of drug-likeness (QED) is 0.270. The molecule has 0 bridgehead atoms. The van der Waals surface area contributed by atoms with Crippen LogP contribution in [-0.4, -0.2) is 23.5 Å². The van der Waals surface area contributed by atoms with Crippen molar-refractivity contribution in [1.82, 2.24) is 10.2 Å². The molecule has 8 heteroatoms. The Hall–Kier alpha value is -2.44. The smallest absolute Gasteiger partial charge is 0.318 e. The van der Waals surface area contributed by atoms with Crippen LogP contribution in [-0.2, 0) is 0 Å². The zero-order valence-corrected chi connectivity index (χ0v) is 21.2. The van der Waals surface area contributed by atoms with Crippen LogP contribution in [0.3, 0.4) is 0 Å². The average Bonchev–Trinajstić information content (AvgIpc) is 3.20. The van der Waals surface area contributed by atoms with Crippen molar-refractivity contribution in [2.45, 2.75) is 38.2 Å². The molecule has 0 radical (unpaired) electrons. The number of hydrogen-bond donors (Lipinski definition) is 1. The van der Waals surface area contributed by atoms with Crippen LogP contribution in [0.25, 0.3) is 0 Å². The maximum atomic E-state index is 12.9. The van der Waals surface area contributed by atoms with Crippen LogP contribution in [0.15, 0.2) is 66.7 Å². The molecule has 1 saturated heterocycles. The molecule has 3 aromatic rings. The molecule has 3 unspecified atom stereocenters. The largest absolute Gasteiger partial charge is 0.497 e. The Morgan fingerprint density at radius 2 is 1.53 bits per heavy atom. The zero-order chi connectivity index (χ0) is 24.4. The van der Waals surface area contributed by atoms with Crippen LogP contribution in [0.5, 0.6) is 11.5 Å². The third-order valence-corrected chi connectivity index (χ3v) is 6.45. The van der Waals surface area contributed by atoms with E-state index in [1.165, 1.54) is 0 Å². The van der Waals surface area contributed by atoms with Gasteiger partial charge in [0.05, 0.1) is 25.3 Å². The molecule has 1 heterocycles. The summed E-state index contributed by atoms with van der Waals surface area (Å²) >= 11 is 18.5. The Labute approximate surface area is 214 Å². The lowest BCUT2D eigenvalue weighted by Crippen LogP contribution is -2.31. The number of nitrogens with zero attached hydrogens (tertiary/aromatic N) is 1. The summed E-state index contributed by atoms with van der Waals surface area (Å²) in [4.78, 5) is 14.5. The summed E-state index contributed by atoms with van der Waals surface area (Å²) in [5.74, 6) is 1.27. The molecule has 0 aromatic heterocycles. The van der Waals surface area contributed by atoms with Crippen molar-refractivity contribution < 1.29 is 14.3 Å². The van der Waals surface area contributed by atoms with Crippen molar-refractivity contribution in [2.24, 2.45) is 0 Å². The fourth-order valence-corrected chi connectivity index (χ4v) is 4.75. The van der Waals surface area contributed by atoms with Crippen LogP contribution in [0.2, 0.25) is 10.0 Å². The number of nitrogens with one attached hydrogen (secondary N) is 1. The minimum absolute atomic E-state index is 0.0773. The molecule has 3 aromatic carbocycles. The summed E-state index contributed by atoms with van der Waals surface area (Å²) in [6, 6.07) is 19.9. The molecule has 1 amide bonds. The van der Waals surface area contributed by atoms with E-state index in [1.807, 2.05) is 68.4 Å². The molecule has 0 saturated carbocycles. The van der Waals surface area contributed by atoms with Gasteiger partial charge in [0.1, 0.15) is 17.7 Å². The number of methoxy groups -OCH3 is 1. The number of rotatable bonds is 6. The van der Waals surface area contributed by atoms with Gasteiger partial charge >= 0.3 is 5.37 Å². The van der Waals surface area contributed by atoms with E-state index >= 15 is 0 Å². The second kappa shape index (κ2) is 10.4. The zero-order valence-electron chi connectivity index (χ0n) is 19.0. The first-order chi connectivity index (χ1) is 16.3. The van der Waals surface area contributed by atoms with Crippen LogP contribution in [0, 0.1) is 0 Å². The van der Waals surface area contributed by atoms with E-state index in [0.29, 0.717) is 21.5 Å². The van der Waals surface area contributed by atoms with E-state index in [9.17, 15) is 4.79 Å². The Kier molecular flexibility index (Phi) is 7.58. The van der Waals surface area contributed by atoms with Crippen molar-refractivity contribution in [1.29, 1.82) is 0 Å². The van der Waals surface area contributed by atoms with Crippen molar-refractivity contribution >= 4 is 40.2 Å². The maximum absolute atomic E-state index is 12.9. The second-order valence-electron chi connectivity index (χ2n) is 8.33. The van der Waals surface area contributed by atoms with Gasteiger partial charge < -0.3 is 14.4 Å². The summed E-state index contributed by atoms with van der Waals surface area (Å²) < 4.78 is 11.5. The molecular formula is C26H25Cl3N2O3. The number of benzene rings is 3. The van der Waals surface area contributed by atoms with Crippen molar-refractivity contribution in [3.05, 3.63) is 93.5 Å². The molecule has 4 rings (SSSR count). The third-order valence-electron chi connectivity index (χ3n) is 5.75. The topological polar surface area (TPSA) is 50.8 Å². The summed E-state index contributed by atoms with van der Waals surface area (Å²) in [6.45, 7) is 3.89. The van der Waals surface area contributed by atoms with Gasteiger partial charge in [-0.2, -0.15) is 0 Å². The van der Waals surface area contributed by atoms with E-state index in [-0.39, 0.29) is 12.1 Å². The van der Waals surface area contributed by atoms with E-state index in [4.69, 9.17) is 44.3 Å². The minimum Gasteiger partial charge on any atom is -0.497 e. The van der Waals surface area contributed by atoms with Gasteiger partial charge in [-0.25, -0.2) is 0 Å². The summed E-state index contributed by atoms with van der Waals surface area (Å²) in [5, 5.41) is 4.27. The van der Waals surface area contributed by atoms with Gasteiger partial charge in [0, 0.05) is 21.7 Å². The lowest BCUT2D eigenvalue weighted by Gasteiger charge is -2.30. The molecule has 5 nitrogen and oxygen atoms in total. The highest BCUT2D eigenvalue weighted by Gasteiger charge is 2.46. The summed E-state index contributed by atoms with van der Waals surface area (Å²) in [7, 11) is 1.60. The standard InChI is InChI=1S/C26H25Cl3N2O3/c1-15(2)34-22-14-20(33-3)12-13-21(22)25-30-23(16-4-8-18(27)9-5-16)24(31(25)26(29)32)17-6-10-19(28)11-7-17/h4-15,23-25,30H,1-3H3. The van der Waals surface area contributed by atoms with E-state index in [1.54, 1.807) is 24.1 Å². The average molecular weight is 520 g/mol. The van der Waals surface area contributed by atoms with Gasteiger partial charge in [0.25, 0.3) is 0 Å². The van der Waals surface area contributed by atoms with E-state index in [0.717, 1.165) is 16.7 Å². The van der Waals surface area contributed by atoms with Crippen LogP contribution in [0.4, 0.5) is 4.79 Å². The van der Waals surface area contributed by atoms with Crippen LogP contribution >= 0.6 is 34.8 Å². The van der Waals surface area contributed by atoms with Gasteiger partial charge in [-0.3, -0.25) is 10.1 Å². The van der Waals surface area contributed by atoms with Crippen molar-refractivity contribution in [3.63, 3.8) is 0 Å². The molecule has 0 spiro atoms. The van der Waals surface area contributed by atoms with Gasteiger partial charge in [0.2, 0.25) is 0 Å². The highest BCUT2D eigenvalue weighted by atomic mass is 35.5. The normalized spacial score (nSPS) is 20.0. The van der Waals surface area contributed by atoms with Gasteiger partial charge in [0.15, 0.2) is 0 Å². The molecule has 34 heavy (non-hydrogen) atoms. The number of halogens is 3. The molecule has 1 aliphatic rings. The van der Waals surface area contributed by atoms with Crippen LogP contribution in [0.1, 0.15) is 48.8 Å². The molecule has 0 aliphatic carbocycles. The van der Waals surface area contributed by atoms with Gasteiger partial charge in [-0.1, -0.05) is 47.5 Å². The molecule has 1 N–H and O–H groups in total. The first-order valence-corrected chi connectivity index (χ1v) is 12.0. The molecule has 1 fully saturated rings. The number of carbonyl (C=O) groups is 1. The number of amides is 1.